The van der Waals surface area contributed by atoms with Gasteiger partial charge in [0, 0.05) is 33.1 Å². The maximum atomic E-state index is 11.3. The standard InChI is InChI=1S/C17H31N3O2/c1-3-22-15(21)8-7-12-19-16(18-2)20-13-11-17(14-20)9-5-4-6-10-17/h3-14H2,1-2H3,(H,18,19). The fourth-order valence-corrected chi connectivity index (χ4v) is 3.82. The first-order valence-corrected chi connectivity index (χ1v) is 8.80. The molecule has 2 fully saturated rings. The molecule has 1 spiro atoms. The van der Waals surface area contributed by atoms with Gasteiger partial charge in [0.1, 0.15) is 0 Å². The number of guanidine groups is 1. The largest absolute Gasteiger partial charge is 0.466 e. The quantitative estimate of drug-likeness (QED) is 0.367. The minimum atomic E-state index is -0.110. The van der Waals surface area contributed by atoms with Gasteiger partial charge < -0.3 is 15.0 Å². The minimum absolute atomic E-state index is 0.110. The third-order valence-electron chi connectivity index (χ3n) is 5.01. The summed E-state index contributed by atoms with van der Waals surface area (Å²) in [5.41, 5.74) is 0.542. The van der Waals surface area contributed by atoms with Crippen LogP contribution in [0.3, 0.4) is 0 Å². The highest BCUT2D eigenvalue weighted by molar-refractivity contribution is 5.80. The molecule has 2 aliphatic rings. The molecule has 2 rings (SSSR count). The number of nitrogens with one attached hydrogen (secondary N) is 1. The molecule has 0 aromatic heterocycles. The smallest absolute Gasteiger partial charge is 0.305 e. The van der Waals surface area contributed by atoms with Crippen molar-refractivity contribution in [3.63, 3.8) is 0 Å². The van der Waals surface area contributed by atoms with E-state index in [9.17, 15) is 4.79 Å². The van der Waals surface area contributed by atoms with Crippen LogP contribution in [0.2, 0.25) is 0 Å². The summed E-state index contributed by atoms with van der Waals surface area (Å²) >= 11 is 0. The van der Waals surface area contributed by atoms with E-state index in [1.165, 1.54) is 38.5 Å². The summed E-state index contributed by atoms with van der Waals surface area (Å²) in [7, 11) is 1.85. The Morgan fingerprint density at radius 2 is 2.05 bits per heavy atom. The SMILES string of the molecule is CCOC(=O)CCCNC(=NC)N1CCC2(CCCCC2)C1. The van der Waals surface area contributed by atoms with E-state index in [-0.39, 0.29) is 5.97 Å². The molecule has 0 atom stereocenters. The maximum Gasteiger partial charge on any atom is 0.305 e. The van der Waals surface area contributed by atoms with Crippen LogP contribution in [0.1, 0.15) is 58.3 Å². The number of ether oxygens (including phenoxy) is 1. The van der Waals surface area contributed by atoms with Gasteiger partial charge >= 0.3 is 5.97 Å². The van der Waals surface area contributed by atoms with E-state index in [0.717, 1.165) is 32.0 Å². The van der Waals surface area contributed by atoms with Gasteiger partial charge in [0.2, 0.25) is 0 Å². The van der Waals surface area contributed by atoms with Crippen molar-refractivity contribution in [2.75, 3.05) is 33.3 Å². The van der Waals surface area contributed by atoms with Gasteiger partial charge in [-0.25, -0.2) is 0 Å². The summed E-state index contributed by atoms with van der Waals surface area (Å²) in [6.45, 7) is 5.33. The number of likely N-dealkylation sites (tertiary alicyclic amines) is 1. The van der Waals surface area contributed by atoms with Gasteiger partial charge in [-0.05, 0) is 38.0 Å². The van der Waals surface area contributed by atoms with Crippen LogP contribution in [-0.4, -0.2) is 50.1 Å². The molecule has 5 heteroatoms. The summed E-state index contributed by atoms with van der Waals surface area (Å²) in [6, 6.07) is 0. The molecule has 22 heavy (non-hydrogen) atoms. The van der Waals surface area contributed by atoms with Crippen molar-refractivity contribution in [1.82, 2.24) is 10.2 Å². The molecule has 1 N–H and O–H groups in total. The van der Waals surface area contributed by atoms with Gasteiger partial charge in [-0.15, -0.1) is 0 Å². The molecule has 1 aliphatic heterocycles. The third-order valence-corrected chi connectivity index (χ3v) is 5.01. The molecule has 0 bridgehead atoms. The van der Waals surface area contributed by atoms with Crippen LogP contribution in [0.4, 0.5) is 0 Å². The molecule has 0 aromatic carbocycles. The molecule has 0 aromatic rings. The van der Waals surface area contributed by atoms with E-state index in [2.05, 4.69) is 15.2 Å². The topological polar surface area (TPSA) is 53.9 Å². The van der Waals surface area contributed by atoms with E-state index in [4.69, 9.17) is 4.74 Å². The number of hydrogen-bond acceptors (Lipinski definition) is 3. The zero-order valence-corrected chi connectivity index (χ0v) is 14.2. The lowest BCUT2D eigenvalue weighted by Gasteiger charge is -2.33. The molecule has 0 radical (unpaired) electrons. The predicted octanol–water partition coefficient (Wildman–Crippen LogP) is 2.56. The van der Waals surface area contributed by atoms with Crippen molar-refractivity contribution in [3.8, 4) is 0 Å². The van der Waals surface area contributed by atoms with Crippen molar-refractivity contribution in [2.45, 2.75) is 58.3 Å². The molecule has 0 amide bonds. The summed E-state index contributed by atoms with van der Waals surface area (Å²) < 4.78 is 4.94. The second-order valence-corrected chi connectivity index (χ2v) is 6.61. The number of hydrogen-bond donors (Lipinski definition) is 1. The molecule has 1 heterocycles. The molecule has 0 unspecified atom stereocenters. The van der Waals surface area contributed by atoms with Gasteiger partial charge in [0.25, 0.3) is 0 Å². The number of carbonyl (C=O) groups excluding carboxylic acids is 1. The van der Waals surface area contributed by atoms with Crippen LogP contribution in [0.5, 0.6) is 0 Å². The van der Waals surface area contributed by atoms with Crippen LogP contribution >= 0.6 is 0 Å². The highest BCUT2D eigenvalue weighted by Gasteiger charge is 2.39. The molecular weight excluding hydrogens is 278 g/mol. The van der Waals surface area contributed by atoms with Crippen LogP contribution in [0.25, 0.3) is 0 Å². The lowest BCUT2D eigenvalue weighted by atomic mass is 9.73. The Hall–Kier alpha value is -1.26. The number of nitrogens with zero attached hydrogens (tertiary/aromatic N) is 2. The van der Waals surface area contributed by atoms with Crippen LogP contribution in [-0.2, 0) is 9.53 Å². The van der Waals surface area contributed by atoms with Gasteiger partial charge in [0.05, 0.1) is 6.61 Å². The summed E-state index contributed by atoms with van der Waals surface area (Å²) in [5, 5.41) is 3.40. The van der Waals surface area contributed by atoms with Gasteiger partial charge in [-0.1, -0.05) is 19.3 Å². The highest BCUT2D eigenvalue weighted by Crippen LogP contribution is 2.43. The normalized spacial score (nSPS) is 21.2. The Labute approximate surface area is 134 Å². The molecule has 126 valence electrons. The van der Waals surface area contributed by atoms with E-state index >= 15 is 0 Å². The number of esters is 1. The Bertz CT molecular complexity index is 389. The van der Waals surface area contributed by atoms with Crippen LogP contribution in [0, 0.1) is 5.41 Å². The van der Waals surface area contributed by atoms with Crippen LogP contribution < -0.4 is 5.32 Å². The third kappa shape index (κ3) is 4.62. The Balaban J connectivity index is 1.72. The van der Waals surface area contributed by atoms with E-state index < -0.39 is 0 Å². The zero-order chi connectivity index (χ0) is 15.8. The van der Waals surface area contributed by atoms with E-state index in [1.807, 2.05) is 14.0 Å². The Morgan fingerprint density at radius 3 is 2.73 bits per heavy atom. The Kier molecular flexibility index (Phi) is 6.52. The Morgan fingerprint density at radius 1 is 1.27 bits per heavy atom. The van der Waals surface area contributed by atoms with Crippen molar-refractivity contribution < 1.29 is 9.53 Å². The summed E-state index contributed by atoms with van der Waals surface area (Å²) in [4.78, 5) is 18.1. The first-order valence-electron chi connectivity index (χ1n) is 8.80. The second kappa shape index (κ2) is 8.39. The van der Waals surface area contributed by atoms with E-state index in [1.54, 1.807) is 0 Å². The molecule has 1 saturated carbocycles. The maximum absolute atomic E-state index is 11.3. The van der Waals surface area contributed by atoms with Crippen molar-refractivity contribution in [2.24, 2.45) is 10.4 Å². The lowest BCUT2D eigenvalue weighted by Crippen LogP contribution is -2.42. The highest BCUT2D eigenvalue weighted by atomic mass is 16.5. The minimum Gasteiger partial charge on any atom is -0.466 e. The number of carbonyl (C=O) groups is 1. The van der Waals surface area contributed by atoms with Crippen molar-refractivity contribution in [3.05, 3.63) is 0 Å². The molecule has 5 nitrogen and oxygen atoms in total. The predicted molar refractivity (Wildman–Crippen MR) is 88.9 cm³/mol. The van der Waals surface area contributed by atoms with Gasteiger partial charge in [-0.3, -0.25) is 9.79 Å². The lowest BCUT2D eigenvalue weighted by molar-refractivity contribution is -0.143. The van der Waals surface area contributed by atoms with Crippen molar-refractivity contribution in [1.29, 1.82) is 0 Å². The molecular formula is C17H31N3O2. The van der Waals surface area contributed by atoms with Crippen molar-refractivity contribution >= 4 is 11.9 Å². The van der Waals surface area contributed by atoms with Gasteiger partial charge in [0.15, 0.2) is 5.96 Å². The van der Waals surface area contributed by atoms with E-state index in [0.29, 0.717) is 18.4 Å². The number of aliphatic imine (C=N–C) groups is 1. The molecule has 1 saturated heterocycles. The fourth-order valence-electron chi connectivity index (χ4n) is 3.82. The first kappa shape index (κ1) is 17.1. The zero-order valence-electron chi connectivity index (χ0n) is 14.2. The number of rotatable bonds is 5. The van der Waals surface area contributed by atoms with Gasteiger partial charge in [-0.2, -0.15) is 0 Å². The van der Waals surface area contributed by atoms with Crippen LogP contribution in [0.15, 0.2) is 4.99 Å². The average Bonchev–Trinajstić information content (AvgIpc) is 2.92. The summed E-state index contributed by atoms with van der Waals surface area (Å²) in [5.74, 6) is 0.882. The first-order chi connectivity index (χ1) is 10.7. The second-order valence-electron chi connectivity index (χ2n) is 6.61. The summed E-state index contributed by atoms with van der Waals surface area (Å²) in [6.07, 6.45) is 9.50. The average molecular weight is 309 g/mol. The monoisotopic (exact) mass is 309 g/mol. The molecule has 1 aliphatic carbocycles. The fraction of sp³-hybridized carbons (Fsp3) is 0.882.